The van der Waals surface area contributed by atoms with Crippen molar-refractivity contribution in [3.8, 4) is 0 Å². The maximum atomic E-state index is 11.7. The molecule has 0 N–H and O–H groups in total. The second kappa shape index (κ2) is 6.60. The number of likely N-dealkylation sites (tertiary alicyclic amines) is 2. The molecule has 21 heavy (non-hydrogen) atoms. The highest BCUT2D eigenvalue weighted by Gasteiger charge is 2.26. The summed E-state index contributed by atoms with van der Waals surface area (Å²) >= 11 is 0. The predicted octanol–water partition coefficient (Wildman–Crippen LogP) is 2.35. The van der Waals surface area contributed by atoms with E-state index in [9.17, 15) is 4.79 Å². The average molecular weight is 291 g/mol. The molecule has 2 fully saturated rings. The van der Waals surface area contributed by atoms with Gasteiger partial charge in [-0.2, -0.15) is 0 Å². The molecule has 2 aliphatic rings. The third-order valence-corrected chi connectivity index (χ3v) is 4.68. The van der Waals surface area contributed by atoms with Crippen molar-refractivity contribution in [2.45, 2.75) is 58.0 Å². The molecule has 1 aromatic heterocycles. The third-order valence-electron chi connectivity index (χ3n) is 4.68. The molecule has 5 nitrogen and oxygen atoms in total. The Morgan fingerprint density at radius 3 is 2.95 bits per heavy atom. The van der Waals surface area contributed by atoms with Crippen LogP contribution < -0.4 is 0 Å². The summed E-state index contributed by atoms with van der Waals surface area (Å²) in [5, 5.41) is 0. The molecule has 2 aliphatic heterocycles. The van der Waals surface area contributed by atoms with E-state index in [4.69, 9.17) is 4.42 Å². The highest BCUT2D eigenvalue weighted by molar-refractivity contribution is 5.77. The van der Waals surface area contributed by atoms with E-state index in [0.717, 1.165) is 57.0 Å². The molecule has 0 aliphatic carbocycles. The Morgan fingerprint density at radius 1 is 1.33 bits per heavy atom. The average Bonchev–Trinajstić information content (AvgIpc) is 3.07. The molecule has 1 amide bonds. The summed E-state index contributed by atoms with van der Waals surface area (Å²) in [5.41, 5.74) is 1.02. The first-order valence-electron chi connectivity index (χ1n) is 8.15. The molecular formula is C16H25N3O2. The van der Waals surface area contributed by atoms with Crippen LogP contribution in [0.1, 0.15) is 50.1 Å². The van der Waals surface area contributed by atoms with Crippen LogP contribution in [0, 0.1) is 6.92 Å². The number of oxazole rings is 1. The van der Waals surface area contributed by atoms with E-state index >= 15 is 0 Å². The molecule has 3 heterocycles. The van der Waals surface area contributed by atoms with Crippen LogP contribution in [0.2, 0.25) is 0 Å². The lowest BCUT2D eigenvalue weighted by atomic mass is 9.99. The number of carbonyl (C=O) groups excluding carboxylic acids is 1. The lowest BCUT2D eigenvalue weighted by Gasteiger charge is -2.36. The first-order valence-corrected chi connectivity index (χ1v) is 8.15. The van der Waals surface area contributed by atoms with Gasteiger partial charge in [0.05, 0.1) is 5.69 Å². The van der Waals surface area contributed by atoms with Crippen LogP contribution in [0.15, 0.2) is 10.7 Å². The van der Waals surface area contributed by atoms with E-state index in [0.29, 0.717) is 11.9 Å². The van der Waals surface area contributed by atoms with E-state index < -0.39 is 0 Å². The fraction of sp³-hybridized carbons (Fsp3) is 0.750. The van der Waals surface area contributed by atoms with Gasteiger partial charge >= 0.3 is 0 Å². The largest absolute Gasteiger partial charge is 0.449 e. The van der Waals surface area contributed by atoms with Crippen molar-refractivity contribution in [1.29, 1.82) is 0 Å². The van der Waals surface area contributed by atoms with E-state index in [2.05, 4.69) is 9.88 Å². The van der Waals surface area contributed by atoms with Crippen LogP contribution in [-0.4, -0.2) is 46.4 Å². The zero-order valence-corrected chi connectivity index (χ0v) is 12.9. The van der Waals surface area contributed by atoms with E-state index in [1.807, 2.05) is 11.8 Å². The van der Waals surface area contributed by atoms with Gasteiger partial charge in [0.1, 0.15) is 6.26 Å². The normalized spacial score (nSPS) is 24.0. The second-order valence-electron chi connectivity index (χ2n) is 6.25. The number of carbonyl (C=O) groups is 1. The van der Waals surface area contributed by atoms with Crippen molar-refractivity contribution in [3.63, 3.8) is 0 Å². The molecule has 0 spiro atoms. The SMILES string of the molecule is Cc1nc(CN2CCCC[C@H]2CCN2CCCC2=O)co1. The van der Waals surface area contributed by atoms with Crippen molar-refractivity contribution in [3.05, 3.63) is 17.8 Å². The lowest BCUT2D eigenvalue weighted by Crippen LogP contribution is -2.41. The molecule has 3 rings (SSSR count). The van der Waals surface area contributed by atoms with Crippen LogP contribution in [0.25, 0.3) is 0 Å². The number of aromatic nitrogens is 1. The Kier molecular flexibility index (Phi) is 4.58. The van der Waals surface area contributed by atoms with Crippen LogP contribution in [0.4, 0.5) is 0 Å². The smallest absolute Gasteiger partial charge is 0.222 e. The lowest BCUT2D eigenvalue weighted by molar-refractivity contribution is -0.127. The Hall–Kier alpha value is -1.36. The van der Waals surface area contributed by atoms with Gasteiger partial charge in [0.25, 0.3) is 0 Å². The van der Waals surface area contributed by atoms with Crippen LogP contribution in [0.5, 0.6) is 0 Å². The number of hydrogen-bond acceptors (Lipinski definition) is 4. The standard InChI is InChI=1S/C16H25N3O2/c1-13-17-14(12-21-13)11-19-8-3-2-5-15(19)7-10-18-9-4-6-16(18)20/h12,15H,2-11H2,1H3/t15-/m0/s1. The van der Waals surface area contributed by atoms with Crippen molar-refractivity contribution in [2.24, 2.45) is 0 Å². The van der Waals surface area contributed by atoms with Gasteiger partial charge in [0.15, 0.2) is 5.89 Å². The summed E-state index contributed by atoms with van der Waals surface area (Å²) in [7, 11) is 0. The van der Waals surface area contributed by atoms with Crippen LogP contribution in [0.3, 0.4) is 0 Å². The number of aryl methyl sites for hydroxylation is 1. The topological polar surface area (TPSA) is 49.6 Å². The van der Waals surface area contributed by atoms with Gasteiger partial charge in [0, 0.05) is 39.0 Å². The minimum atomic E-state index is 0.337. The van der Waals surface area contributed by atoms with Crippen molar-refractivity contribution < 1.29 is 9.21 Å². The molecule has 116 valence electrons. The van der Waals surface area contributed by atoms with Gasteiger partial charge < -0.3 is 9.32 Å². The molecule has 0 unspecified atom stereocenters. The number of nitrogens with zero attached hydrogens (tertiary/aromatic N) is 3. The zero-order chi connectivity index (χ0) is 14.7. The Labute approximate surface area is 126 Å². The first-order chi connectivity index (χ1) is 10.2. The van der Waals surface area contributed by atoms with Gasteiger partial charge in [-0.3, -0.25) is 9.69 Å². The monoisotopic (exact) mass is 291 g/mol. The van der Waals surface area contributed by atoms with E-state index in [-0.39, 0.29) is 0 Å². The second-order valence-corrected chi connectivity index (χ2v) is 6.25. The van der Waals surface area contributed by atoms with Gasteiger partial charge in [-0.05, 0) is 32.2 Å². The maximum absolute atomic E-state index is 11.7. The fourth-order valence-electron chi connectivity index (χ4n) is 3.53. The summed E-state index contributed by atoms with van der Waals surface area (Å²) in [5.74, 6) is 1.07. The quantitative estimate of drug-likeness (QED) is 0.835. The first kappa shape index (κ1) is 14.6. The van der Waals surface area contributed by atoms with Crippen LogP contribution >= 0.6 is 0 Å². The van der Waals surface area contributed by atoms with E-state index in [1.54, 1.807) is 6.26 Å². The molecule has 5 heteroatoms. The number of piperidine rings is 1. The molecule has 0 radical (unpaired) electrons. The summed E-state index contributed by atoms with van der Waals surface area (Å²) in [6.45, 7) is 5.75. The van der Waals surface area contributed by atoms with Gasteiger partial charge in [-0.15, -0.1) is 0 Å². The summed E-state index contributed by atoms with van der Waals surface area (Å²) in [4.78, 5) is 20.7. The Bertz CT molecular complexity index is 486. The minimum absolute atomic E-state index is 0.337. The highest BCUT2D eigenvalue weighted by atomic mass is 16.3. The Balaban J connectivity index is 1.55. The molecular weight excluding hydrogens is 266 g/mol. The summed E-state index contributed by atoms with van der Waals surface area (Å²) in [6, 6.07) is 0.573. The third kappa shape index (κ3) is 3.64. The molecule has 0 aromatic carbocycles. The molecule has 0 bridgehead atoms. The highest BCUT2D eigenvalue weighted by Crippen LogP contribution is 2.23. The molecule has 1 atom stereocenters. The van der Waals surface area contributed by atoms with Gasteiger partial charge in [-0.25, -0.2) is 4.98 Å². The number of hydrogen-bond donors (Lipinski definition) is 0. The van der Waals surface area contributed by atoms with Gasteiger partial charge in [-0.1, -0.05) is 6.42 Å². The van der Waals surface area contributed by atoms with Crippen molar-refractivity contribution >= 4 is 5.91 Å². The Morgan fingerprint density at radius 2 is 2.24 bits per heavy atom. The molecule has 1 aromatic rings. The van der Waals surface area contributed by atoms with E-state index in [1.165, 1.54) is 19.3 Å². The summed E-state index contributed by atoms with van der Waals surface area (Å²) < 4.78 is 5.31. The molecule has 2 saturated heterocycles. The maximum Gasteiger partial charge on any atom is 0.222 e. The molecule has 0 saturated carbocycles. The van der Waals surface area contributed by atoms with Crippen molar-refractivity contribution in [2.75, 3.05) is 19.6 Å². The predicted molar refractivity (Wildman–Crippen MR) is 79.7 cm³/mol. The number of rotatable bonds is 5. The zero-order valence-electron chi connectivity index (χ0n) is 12.9. The number of amides is 1. The van der Waals surface area contributed by atoms with Crippen molar-refractivity contribution in [1.82, 2.24) is 14.8 Å². The van der Waals surface area contributed by atoms with Crippen LogP contribution in [-0.2, 0) is 11.3 Å². The summed E-state index contributed by atoms with van der Waals surface area (Å²) in [6.07, 6.45) is 8.42. The van der Waals surface area contributed by atoms with Gasteiger partial charge in [0.2, 0.25) is 5.91 Å². The minimum Gasteiger partial charge on any atom is -0.449 e. The fourth-order valence-corrected chi connectivity index (χ4v) is 3.53.